The van der Waals surface area contributed by atoms with E-state index in [0.717, 1.165) is 12.8 Å². The van der Waals surface area contributed by atoms with E-state index in [2.05, 4.69) is 6.92 Å². The normalized spacial score (nSPS) is 13.7. The van der Waals surface area contributed by atoms with Crippen molar-refractivity contribution < 1.29 is 18.5 Å². The zero-order chi connectivity index (χ0) is 14.8. The van der Waals surface area contributed by atoms with E-state index in [1.54, 1.807) is 24.3 Å². The second-order valence-electron chi connectivity index (χ2n) is 4.51. The zero-order valence-corrected chi connectivity index (χ0v) is 12.9. The van der Waals surface area contributed by atoms with Crippen molar-refractivity contribution in [3.63, 3.8) is 0 Å². The van der Waals surface area contributed by atoms with Gasteiger partial charge in [-0.25, -0.2) is 4.79 Å². The highest BCUT2D eigenvalue weighted by Gasteiger charge is 2.18. The summed E-state index contributed by atoms with van der Waals surface area (Å²) >= 11 is 0. The third-order valence-electron chi connectivity index (χ3n) is 2.73. The fourth-order valence-electron chi connectivity index (χ4n) is 1.69. The van der Waals surface area contributed by atoms with Crippen LogP contribution in [-0.4, -0.2) is 41.5 Å². The Labute approximate surface area is 122 Å². The molecule has 112 valence electrons. The molecule has 0 radical (unpaired) electrons. The third-order valence-corrected chi connectivity index (χ3v) is 4.22. The molecule has 0 heterocycles. The molecule has 0 N–H and O–H groups in total. The lowest BCUT2D eigenvalue weighted by Gasteiger charge is -2.16. The Morgan fingerprint density at radius 2 is 2.00 bits per heavy atom. The molecule has 1 aromatic carbocycles. The Morgan fingerprint density at radius 3 is 2.60 bits per heavy atom. The average molecular weight is 298 g/mol. The van der Waals surface area contributed by atoms with Crippen LogP contribution in [-0.2, 0) is 20.3 Å². The molecular weight excluding hydrogens is 276 g/mol. The zero-order valence-electron chi connectivity index (χ0n) is 12.0. The lowest BCUT2D eigenvalue weighted by Crippen LogP contribution is -2.29. The quantitative estimate of drug-likeness (QED) is 0.657. The number of rotatable bonds is 9. The number of carbonyl (C=O) groups excluding carboxylic acids is 1. The van der Waals surface area contributed by atoms with Crippen LogP contribution in [0.3, 0.4) is 0 Å². The van der Waals surface area contributed by atoms with E-state index in [1.165, 1.54) is 7.11 Å². The minimum Gasteiger partial charge on any atom is -0.455 e. The van der Waals surface area contributed by atoms with Crippen molar-refractivity contribution in [2.24, 2.45) is 0 Å². The first-order chi connectivity index (χ1) is 9.67. The van der Waals surface area contributed by atoms with Crippen molar-refractivity contribution in [2.45, 2.75) is 25.9 Å². The number of esters is 1. The molecule has 0 saturated carbocycles. The van der Waals surface area contributed by atoms with E-state index >= 15 is 0 Å². The lowest BCUT2D eigenvalue weighted by molar-refractivity contribution is 0.0132. The number of carbonyl (C=O) groups is 1. The van der Waals surface area contributed by atoms with Crippen LogP contribution in [0, 0.1) is 0 Å². The summed E-state index contributed by atoms with van der Waals surface area (Å²) in [7, 11) is 0.558. The standard InChI is InChI=1S/C15H22O4S/c1-3-4-10-20(17)12-14(11-18-2)19-15(16)13-8-6-5-7-9-13/h5-9,14H,3-4,10-12H2,1-2H3/t14-,20+/m0/s1. The van der Waals surface area contributed by atoms with Gasteiger partial charge in [0.25, 0.3) is 0 Å². The van der Waals surface area contributed by atoms with Gasteiger partial charge in [-0.1, -0.05) is 31.5 Å². The predicted molar refractivity (Wildman–Crippen MR) is 80.3 cm³/mol. The summed E-state index contributed by atoms with van der Waals surface area (Å²) in [6.45, 7) is 2.32. The molecule has 0 unspecified atom stereocenters. The van der Waals surface area contributed by atoms with Gasteiger partial charge in [0.15, 0.2) is 0 Å². The van der Waals surface area contributed by atoms with E-state index in [4.69, 9.17) is 9.47 Å². The minimum absolute atomic E-state index is 0.260. The second kappa shape index (κ2) is 9.66. The molecule has 0 fully saturated rings. The first-order valence-corrected chi connectivity index (χ1v) is 8.26. The molecule has 0 saturated heterocycles. The fourth-order valence-corrected chi connectivity index (χ4v) is 3.05. The summed E-state index contributed by atoms with van der Waals surface area (Å²) in [4.78, 5) is 11.9. The maximum absolute atomic E-state index is 11.9. The summed E-state index contributed by atoms with van der Waals surface area (Å²) in [5, 5.41) is 0. The van der Waals surface area contributed by atoms with Crippen molar-refractivity contribution in [1.82, 2.24) is 0 Å². The fraction of sp³-hybridized carbons (Fsp3) is 0.533. The van der Waals surface area contributed by atoms with Crippen LogP contribution in [0.4, 0.5) is 0 Å². The predicted octanol–water partition coefficient (Wildman–Crippen LogP) is 2.41. The number of benzene rings is 1. The smallest absolute Gasteiger partial charge is 0.338 e. The second-order valence-corrected chi connectivity index (χ2v) is 6.13. The van der Waals surface area contributed by atoms with Crippen LogP contribution in [0.15, 0.2) is 30.3 Å². The van der Waals surface area contributed by atoms with Crippen LogP contribution in [0.2, 0.25) is 0 Å². The molecule has 0 aliphatic rings. The van der Waals surface area contributed by atoms with Crippen molar-refractivity contribution in [1.29, 1.82) is 0 Å². The first kappa shape index (κ1) is 16.9. The van der Waals surface area contributed by atoms with Crippen molar-refractivity contribution in [2.75, 3.05) is 25.2 Å². The van der Waals surface area contributed by atoms with Crippen molar-refractivity contribution in [3.8, 4) is 0 Å². The Kier molecular flexibility index (Phi) is 8.14. The SMILES string of the molecule is CCCC[S@@](=O)C[C@H](COC)OC(=O)c1ccccc1. The van der Waals surface area contributed by atoms with Gasteiger partial charge in [0.2, 0.25) is 0 Å². The monoisotopic (exact) mass is 298 g/mol. The maximum Gasteiger partial charge on any atom is 0.338 e. The van der Waals surface area contributed by atoms with E-state index in [-0.39, 0.29) is 6.61 Å². The highest BCUT2D eigenvalue weighted by atomic mass is 32.2. The number of ether oxygens (including phenoxy) is 2. The largest absolute Gasteiger partial charge is 0.455 e. The molecule has 0 aliphatic carbocycles. The molecule has 5 heteroatoms. The molecule has 1 rings (SSSR count). The Morgan fingerprint density at radius 1 is 1.30 bits per heavy atom. The molecule has 0 amide bonds. The van der Waals surface area contributed by atoms with E-state index < -0.39 is 22.9 Å². The molecule has 0 aliphatic heterocycles. The molecule has 0 bridgehead atoms. The molecule has 20 heavy (non-hydrogen) atoms. The first-order valence-electron chi connectivity index (χ1n) is 6.77. The molecule has 4 nitrogen and oxygen atoms in total. The summed E-state index contributed by atoms with van der Waals surface area (Å²) in [5.74, 6) is 0.562. The van der Waals surface area contributed by atoms with Gasteiger partial charge in [-0.2, -0.15) is 0 Å². The summed E-state index contributed by atoms with van der Waals surface area (Å²) in [6.07, 6.45) is 1.45. The molecule has 0 aromatic heterocycles. The van der Waals surface area contributed by atoms with Crippen LogP contribution in [0.25, 0.3) is 0 Å². The Hall–Kier alpha value is -1.20. The highest BCUT2D eigenvalue weighted by molar-refractivity contribution is 7.85. The van der Waals surface area contributed by atoms with Gasteiger partial charge >= 0.3 is 5.97 Å². The number of hydrogen-bond acceptors (Lipinski definition) is 4. The average Bonchev–Trinajstić information content (AvgIpc) is 2.46. The molecular formula is C15H22O4S. The summed E-state index contributed by atoms with van der Waals surface area (Å²) in [5.41, 5.74) is 0.493. The Bertz CT molecular complexity index is 419. The van der Waals surface area contributed by atoms with Crippen molar-refractivity contribution in [3.05, 3.63) is 35.9 Å². The van der Waals surface area contributed by atoms with Gasteiger partial charge < -0.3 is 9.47 Å². The van der Waals surface area contributed by atoms with Crippen LogP contribution in [0.1, 0.15) is 30.1 Å². The van der Waals surface area contributed by atoms with E-state index in [1.807, 2.05) is 6.07 Å². The van der Waals surface area contributed by atoms with Gasteiger partial charge in [-0.15, -0.1) is 0 Å². The Balaban J connectivity index is 2.54. The number of hydrogen-bond donors (Lipinski definition) is 0. The number of unbranched alkanes of at least 4 members (excludes halogenated alkanes) is 1. The number of methoxy groups -OCH3 is 1. The van der Waals surface area contributed by atoms with Gasteiger partial charge in [0.05, 0.1) is 17.9 Å². The van der Waals surface area contributed by atoms with Gasteiger partial charge in [0.1, 0.15) is 6.10 Å². The lowest BCUT2D eigenvalue weighted by atomic mass is 10.2. The van der Waals surface area contributed by atoms with E-state index in [0.29, 0.717) is 17.1 Å². The summed E-state index contributed by atoms with van der Waals surface area (Å²) < 4.78 is 22.3. The third kappa shape index (κ3) is 6.30. The topological polar surface area (TPSA) is 52.6 Å². The van der Waals surface area contributed by atoms with Gasteiger partial charge in [-0.3, -0.25) is 4.21 Å². The van der Waals surface area contributed by atoms with Crippen LogP contribution >= 0.6 is 0 Å². The molecule has 1 aromatic rings. The highest BCUT2D eigenvalue weighted by Crippen LogP contribution is 2.06. The van der Waals surface area contributed by atoms with Gasteiger partial charge in [0, 0.05) is 23.7 Å². The molecule has 0 spiro atoms. The molecule has 2 atom stereocenters. The van der Waals surface area contributed by atoms with Crippen LogP contribution < -0.4 is 0 Å². The van der Waals surface area contributed by atoms with Crippen LogP contribution in [0.5, 0.6) is 0 Å². The van der Waals surface area contributed by atoms with Crippen molar-refractivity contribution >= 4 is 16.8 Å². The van der Waals surface area contributed by atoms with Gasteiger partial charge in [-0.05, 0) is 18.6 Å². The van der Waals surface area contributed by atoms with E-state index in [9.17, 15) is 9.00 Å². The minimum atomic E-state index is -0.982. The summed E-state index contributed by atoms with van der Waals surface area (Å²) in [6, 6.07) is 8.78. The maximum atomic E-state index is 11.9.